The number of hydrogen-bond donors (Lipinski definition) is 2. The van der Waals surface area contributed by atoms with E-state index in [1.165, 1.54) is 6.07 Å². The predicted molar refractivity (Wildman–Crippen MR) is 68.3 cm³/mol. The number of hydrazine groups is 1. The molecule has 0 bridgehead atoms. The van der Waals surface area contributed by atoms with Crippen LogP contribution in [0.3, 0.4) is 0 Å². The van der Waals surface area contributed by atoms with E-state index in [0.717, 1.165) is 4.90 Å². The molecule has 1 aromatic carbocycles. The Labute approximate surface area is 109 Å². The van der Waals surface area contributed by atoms with Crippen molar-refractivity contribution in [1.82, 2.24) is 5.43 Å². The maximum atomic E-state index is 12.9. The second kappa shape index (κ2) is 6.83. The molecule has 3 N–H and O–H groups in total. The second-order valence-corrected chi connectivity index (χ2v) is 5.53. The van der Waals surface area contributed by atoms with E-state index in [0.29, 0.717) is 12.8 Å². The minimum absolute atomic E-state index is 0.113. The van der Waals surface area contributed by atoms with Crippen LogP contribution in [-0.4, -0.2) is 11.2 Å². The fraction of sp³-hybridized carbons (Fsp3) is 0.364. The first-order chi connectivity index (χ1) is 8.02. The van der Waals surface area contributed by atoms with Crippen LogP contribution in [0.1, 0.15) is 19.8 Å². The van der Waals surface area contributed by atoms with Crippen LogP contribution in [0.5, 0.6) is 0 Å². The molecule has 1 aromatic rings. The molecule has 1 unspecified atom stereocenters. The van der Waals surface area contributed by atoms with Gasteiger partial charge in [0.25, 0.3) is 0 Å². The average molecular weight is 277 g/mol. The Morgan fingerprint density at radius 1 is 1.65 bits per heavy atom. The number of rotatable bonds is 5. The van der Waals surface area contributed by atoms with Gasteiger partial charge >= 0.3 is 0 Å². The number of hydrogen-bond acceptors (Lipinski definition) is 3. The van der Waals surface area contributed by atoms with Crippen LogP contribution in [0.2, 0.25) is 5.02 Å². The Balaban J connectivity index is 2.47. The van der Waals surface area contributed by atoms with Gasteiger partial charge in [0.2, 0.25) is 5.91 Å². The van der Waals surface area contributed by atoms with Gasteiger partial charge in [0.05, 0.1) is 5.02 Å². The van der Waals surface area contributed by atoms with E-state index < -0.39 is 5.82 Å². The Morgan fingerprint density at radius 2 is 2.35 bits per heavy atom. The average Bonchev–Trinajstić information content (AvgIpc) is 2.31. The Morgan fingerprint density at radius 3 is 2.94 bits per heavy atom. The van der Waals surface area contributed by atoms with Gasteiger partial charge in [-0.15, -0.1) is 11.8 Å². The maximum absolute atomic E-state index is 12.9. The van der Waals surface area contributed by atoms with Crippen LogP contribution in [0, 0.1) is 5.82 Å². The standard InChI is InChI=1S/C11H14ClFN2OS/c1-7(2-5-11(16)15-14)17-8-3-4-10(13)9(12)6-8/h3-4,6-7H,2,5,14H2,1H3,(H,15,16). The maximum Gasteiger partial charge on any atom is 0.233 e. The number of amides is 1. The Hall–Kier alpha value is -0.780. The van der Waals surface area contributed by atoms with Gasteiger partial charge in [-0.2, -0.15) is 0 Å². The molecule has 0 fully saturated rings. The molecule has 1 rings (SSSR count). The number of carbonyl (C=O) groups is 1. The lowest BCUT2D eigenvalue weighted by molar-refractivity contribution is -0.121. The van der Waals surface area contributed by atoms with E-state index in [1.807, 2.05) is 6.92 Å². The van der Waals surface area contributed by atoms with Gasteiger partial charge in [-0.05, 0) is 24.6 Å². The summed E-state index contributed by atoms with van der Waals surface area (Å²) in [5.74, 6) is 4.37. The van der Waals surface area contributed by atoms with Gasteiger partial charge in [-0.3, -0.25) is 10.2 Å². The van der Waals surface area contributed by atoms with Crippen molar-refractivity contribution in [1.29, 1.82) is 0 Å². The molecule has 6 heteroatoms. The summed E-state index contributed by atoms with van der Waals surface area (Å²) >= 11 is 7.23. The van der Waals surface area contributed by atoms with Crippen molar-refractivity contribution < 1.29 is 9.18 Å². The molecule has 1 amide bonds. The van der Waals surface area contributed by atoms with Crippen molar-refractivity contribution in [2.45, 2.75) is 29.9 Å². The molecule has 0 aromatic heterocycles. The summed E-state index contributed by atoms with van der Waals surface area (Å²) in [4.78, 5) is 11.8. The van der Waals surface area contributed by atoms with Gasteiger partial charge in [-0.1, -0.05) is 18.5 Å². The van der Waals surface area contributed by atoms with Crippen LogP contribution in [0.15, 0.2) is 23.1 Å². The highest BCUT2D eigenvalue weighted by Gasteiger charge is 2.09. The second-order valence-electron chi connectivity index (χ2n) is 3.61. The molecule has 3 nitrogen and oxygen atoms in total. The first-order valence-corrected chi connectivity index (χ1v) is 6.40. The number of nitrogens with two attached hydrogens (primary N) is 1. The molecule has 1 atom stereocenters. The topological polar surface area (TPSA) is 55.1 Å². The normalized spacial score (nSPS) is 12.2. The Kier molecular flexibility index (Phi) is 5.74. The van der Waals surface area contributed by atoms with E-state index in [4.69, 9.17) is 17.4 Å². The summed E-state index contributed by atoms with van der Waals surface area (Å²) in [5, 5.41) is 0.343. The minimum Gasteiger partial charge on any atom is -0.294 e. The number of nitrogens with one attached hydrogen (secondary N) is 1. The molecule has 0 radical (unpaired) electrons. The summed E-state index contributed by atoms with van der Waals surface area (Å²) < 4.78 is 12.9. The molecule has 17 heavy (non-hydrogen) atoms. The molecule has 0 aliphatic rings. The molecule has 94 valence electrons. The van der Waals surface area contributed by atoms with Gasteiger partial charge in [0, 0.05) is 16.6 Å². The zero-order valence-corrected chi connectivity index (χ0v) is 10.9. The first-order valence-electron chi connectivity index (χ1n) is 5.14. The van der Waals surface area contributed by atoms with Gasteiger partial charge in [-0.25, -0.2) is 10.2 Å². The number of carbonyl (C=O) groups excluding carboxylic acids is 1. The monoisotopic (exact) mass is 276 g/mol. The van der Waals surface area contributed by atoms with Crippen molar-refractivity contribution in [2.75, 3.05) is 0 Å². The van der Waals surface area contributed by atoms with Crippen LogP contribution < -0.4 is 11.3 Å². The predicted octanol–water partition coefficient (Wildman–Crippen LogP) is 2.73. The minimum atomic E-state index is -0.425. The quantitative estimate of drug-likeness (QED) is 0.376. The van der Waals surface area contributed by atoms with Crippen molar-refractivity contribution >= 4 is 29.3 Å². The van der Waals surface area contributed by atoms with Crippen LogP contribution in [0.4, 0.5) is 4.39 Å². The lowest BCUT2D eigenvalue weighted by Gasteiger charge is -2.10. The summed E-state index contributed by atoms with van der Waals surface area (Å²) in [6.45, 7) is 1.99. The van der Waals surface area contributed by atoms with Crippen LogP contribution in [0.25, 0.3) is 0 Å². The third kappa shape index (κ3) is 4.93. The number of thioether (sulfide) groups is 1. The zero-order valence-electron chi connectivity index (χ0n) is 9.37. The smallest absolute Gasteiger partial charge is 0.233 e. The number of benzene rings is 1. The molecule has 0 aliphatic heterocycles. The van der Waals surface area contributed by atoms with Gasteiger partial charge < -0.3 is 0 Å². The van der Waals surface area contributed by atoms with Gasteiger partial charge in [0.1, 0.15) is 5.82 Å². The molecule has 0 aliphatic carbocycles. The van der Waals surface area contributed by atoms with E-state index in [-0.39, 0.29) is 16.2 Å². The summed E-state index contributed by atoms with van der Waals surface area (Å²) in [6.07, 6.45) is 1.07. The molecule has 0 saturated carbocycles. The lowest BCUT2D eigenvalue weighted by atomic mass is 10.2. The lowest BCUT2D eigenvalue weighted by Crippen LogP contribution is -2.30. The SMILES string of the molecule is CC(CCC(=O)NN)Sc1ccc(F)c(Cl)c1. The van der Waals surface area contributed by atoms with Crippen molar-refractivity contribution in [3.63, 3.8) is 0 Å². The van der Waals surface area contributed by atoms with Crippen LogP contribution in [-0.2, 0) is 4.79 Å². The highest BCUT2D eigenvalue weighted by Crippen LogP contribution is 2.29. The fourth-order valence-corrected chi connectivity index (χ4v) is 2.53. The van der Waals surface area contributed by atoms with E-state index >= 15 is 0 Å². The third-order valence-corrected chi connectivity index (χ3v) is 3.62. The zero-order chi connectivity index (χ0) is 12.8. The highest BCUT2D eigenvalue weighted by atomic mass is 35.5. The first kappa shape index (κ1) is 14.3. The van der Waals surface area contributed by atoms with Crippen molar-refractivity contribution in [3.8, 4) is 0 Å². The van der Waals surface area contributed by atoms with E-state index in [9.17, 15) is 9.18 Å². The number of halogens is 2. The highest BCUT2D eigenvalue weighted by molar-refractivity contribution is 7.99. The van der Waals surface area contributed by atoms with E-state index in [2.05, 4.69) is 5.43 Å². The summed E-state index contributed by atoms with van der Waals surface area (Å²) in [5.41, 5.74) is 2.08. The largest absolute Gasteiger partial charge is 0.294 e. The molecular formula is C11H14ClFN2OS. The van der Waals surface area contributed by atoms with Gasteiger partial charge in [0.15, 0.2) is 0 Å². The van der Waals surface area contributed by atoms with Crippen molar-refractivity contribution in [3.05, 3.63) is 29.0 Å². The Bertz CT molecular complexity index is 403. The van der Waals surface area contributed by atoms with E-state index in [1.54, 1.807) is 23.9 Å². The van der Waals surface area contributed by atoms with Crippen LogP contribution >= 0.6 is 23.4 Å². The summed E-state index contributed by atoms with van der Waals surface area (Å²) in [6, 6.07) is 4.59. The molecule has 0 spiro atoms. The van der Waals surface area contributed by atoms with Crippen molar-refractivity contribution in [2.24, 2.45) is 5.84 Å². The fourth-order valence-electron chi connectivity index (χ4n) is 1.25. The third-order valence-electron chi connectivity index (χ3n) is 2.17. The molecular weight excluding hydrogens is 263 g/mol. The molecule has 0 saturated heterocycles. The summed E-state index contributed by atoms with van der Waals surface area (Å²) in [7, 11) is 0. The molecule has 0 heterocycles.